The average molecular weight is 476 g/mol. The fourth-order valence-corrected chi connectivity index (χ4v) is 5.58. The lowest BCUT2D eigenvalue weighted by molar-refractivity contribution is 0.0584. The molecule has 0 spiro atoms. The van der Waals surface area contributed by atoms with E-state index < -0.39 is 6.17 Å². The number of aromatic hydroxyl groups is 1. The molecule has 2 N–H and O–H groups in total. The Kier molecular flexibility index (Phi) is 5.14. The Morgan fingerprint density at radius 3 is 2.80 bits per heavy atom. The van der Waals surface area contributed by atoms with Gasteiger partial charge in [0.1, 0.15) is 24.3 Å². The van der Waals surface area contributed by atoms with Crippen LogP contribution < -0.4 is 10.2 Å². The van der Waals surface area contributed by atoms with Crippen molar-refractivity contribution < 1.29 is 9.50 Å². The normalized spacial score (nSPS) is 27.9. The van der Waals surface area contributed by atoms with Crippen molar-refractivity contribution in [2.24, 2.45) is 0 Å². The van der Waals surface area contributed by atoms with Crippen LogP contribution in [0.5, 0.6) is 5.75 Å². The van der Waals surface area contributed by atoms with E-state index in [1.54, 1.807) is 18.3 Å². The second kappa shape index (κ2) is 8.23. The maximum absolute atomic E-state index is 15.6. The van der Waals surface area contributed by atoms with Crippen LogP contribution in [0.2, 0.25) is 0 Å². The molecule has 4 atom stereocenters. The molecule has 1 aromatic carbocycles. The van der Waals surface area contributed by atoms with Crippen molar-refractivity contribution >= 4 is 5.82 Å². The Bertz CT molecular complexity index is 1280. The zero-order valence-electron chi connectivity index (χ0n) is 19.3. The first-order chi connectivity index (χ1) is 16.9. The topological polar surface area (TPSA) is 129 Å². The van der Waals surface area contributed by atoms with E-state index in [2.05, 4.69) is 42.4 Å². The largest absolute Gasteiger partial charge is 0.507 e. The standard InChI is InChI=1S/C24H26FN9O/c1-24-8-2-3-17(29-24)22(25)18(10-24)34(14-4-5-14)21-12-27-23(31-30-21)16-7-6-15(9-19(16)35)33-13-28-20(11-26)32-33/h6-7,9,12-14,17-18,22,29,35H,2-5,8,10H2,1H3/t17-,18-,22+,24-/m0/s1. The van der Waals surface area contributed by atoms with E-state index in [9.17, 15) is 5.11 Å². The van der Waals surface area contributed by atoms with Gasteiger partial charge >= 0.3 is 0 Å². The Morgan fingerprint density at radius 2 is 2.11 bits per heavy atom. The van der Waals surface area contributed by atoms with Gasteiger partial charge in [-0.15, -0.1) is 15.3 Å². The maximum Gasteiger partial charge on any atom is 0.252 e. The summed E-state index contributed by atoms with van der Waals surface area (Å²) in [5.74, 6) is 0.845. The minimum atomic E-state index is -0.972. The van der Waals surface area contributed by atoms with Gasteiger partial charge in [0.2, 0.25) is 0 Å². The molecule has 1 aliphatic carbocycles. The third kappa shape index (κ3) is 3.97. The van der Waals surface area contributed by atoms with Crippen molar-refractivity contribution in [3.8, 4) is 28.9 Å². The number of alkyl halides is 1. The second-order valence-corrected chi connectivity index (χ2v) is 10.0. The predicted octanol–water partition coefficient (Wildman–Crippen LogP) is 2.68. The first-order valence-electron chi connectivity index (χ1n) is 12.0. The van der Waals surface area contributed by atoms with Crippen molar-refractivity contribution in [1.29, 1.82) is 5.26 Å². The molecular formula is C24H26FN9O. The number of nitrogens with zero attached hydrogens (tertiary/aromatic N) is 8. The molecule has 35 heavy (non-hydrogen) atoms. The molecule has 3 aromatic rings. The summed E-state index contributed by atoms with van der Waals surface area (Å²) >= 11 is 0. The van der Waals surface area contributed by atoms with Crippen LogP contribution in [-0.4, -0.2) is 64.9 Å². The minimum Gasteiger partial charge on any atom is -0.507 e. The van der Waals surface area contributed by atoms with Crippen LogP contribution in [0, 0.1) is 11.3 Å². The molecule has 2 bridgehead atoms. The lowest BCUT2D eigenvalue weighted by Crippen LogP contribution is -2.67. The van der Waals surface area contributed by atoms with Crippen molar-refractivity contribution in [3.63, 3.8) is 0 Å². The highest BCUT2D eigenvalue weighted by Gasteiger charge is 2.50. The van der Waals surface area contributed by atoms with Crippen LogP contribution in [0.4, 0.5) is 10.2 Å². The third-order valence-corrected chi connectivity index (χ3v) is 7.38. The van der Waals surface area contributed by atoms with E-state index in [0.717, 1.165) is 38.5 Å². The quantitative estimate of drug-likeness (QED) is 0.572. The number of phenolic OH excluding ortho intramolecular Hbond substituents is 1. The van der Waals surface area contributed by atoms with Crippen molar-refractivity contribution in [3.05, 3.63) is 36.5 Å². The van der Waals surface area contributed by atoms with E-state index in [-0.39, 0.29) is 41.1 Å². The summed E-state index contributed by atoms with van der Waals surface area (Å²) in [4.78, 5) is 10.5. The number of aromatic nitrogens is 6. The number of nitriles is 1. The number of anilines is 1. The summed E-state index contributed by atoms with van der Waals surface area (Å²) in [5.41, 5.74) is 0.901. The molecule has 6 rings (SSSR count). The third-order valence-electron chi connectivity index (χ3n) is 7.38. The molecule has 180 valence electrons. The van der Waals surface area contributed by atoms with Crippen LogP contribution in [0.25, 0.3) is 17.1 Å². The van der Waals surface area contributed by atoms with E-state index in [4.69, 9.17) is 5.26 Å². The molecule has 0 radical (unpaired) electrons. The zero-order valence-corrected chi connectivity index (χ0v) is 19.3. The molecule has 0 amide bonds. The molecule has 10 nitrogen and oxygen atoms in total. The van der Waals surface area contributed by atoms with Gasteiger partial charge in [0.25, 0.3) is 5.82 Å². The van der Waals surface area contributed by atoms with E-state index in [1.165, 1.54) is 17.1 Å². The molecule has 1 saturated carbocycles. The number of hydrogen-bond donors (Lipinski definition) is 2. The van der Waals surface area contributed by atoms with Crippen LogP contribution in [0.3, 0.4) is 0 Å². The Labute approximate surface area is 201 Å². The van der Waals surface area contributed by atoms with Crippen LogP contribution >= 0.6 is 0 Å². The summed E-state index contributed by atoms with van der Waals surface area (Å²) in [6.45, 7) is 2.20. The lowest BCUT2D eigenvalue weighted by atomic mass is 9.74. The van der Waals surface area contributed by atoms with Crippen molar-refractivity contribution in [1.82, 2.24) is 35.3 Å². The fourth-order valence-electron chi connectivity index (χ4n) is 5.58. The Hall–Kier alpha value is -3.65. The van der Waals surface area contributed by atoms with Gasteiger partial charge in [-0.3, -0.25) is 0 Å². The van der Waals surface area contributed by atoms with Gasteiger partial charge in [-0.2, -0.15) is 5.26 Å². The molecule has 3 aliphatic rings. The Balaban J connectivity index is 1.26. The van der Waals surface area contributed by atoms with Crippen molar-refractivity contribution in [2.75, 3.05) is 4.90 Å². The fraction of sp³-hybridized carbons (Fsp3) is 0.500. The average Bonchev–Trinajstić information content (AvgIpc) is 3.57. The van der Waals surface area contributed by atoms with E-state index in [0.29, 0.717) is 17.1 Å². The highest BCUT2D eigenvalue weighted by atomic mass is 19.1. The summed E-state index contributed by atoms with van der Waals surface area (Å²) in [6, 6.07) is 6.64. The summed E-state index contributed by atoms with van der Waals surface area (Å²) in [7, 11) is 0. The molecule has 2 saturated heterocycles. The molecular weight excluding hydrogens is 449 g/mol. The molecule has 3 fully saturated rings. The molecule has 11 heteroatoms. The summed E-state index contributed by atoms with van der Waals surface area (Å²) in [6.07, 6.45) is 7.78. The highest BCUT2D eigenvalue weighted by molar-refractivity contribution is 5.66. The molecule has 4 heterocycles. The number of halogens is 1. The molecule has 0 unspecified atom stereocenters. The van der Waals surface area contributed by atoms with E-state index in [1.807, 2.05) is 6.07 Å². The molecule has 2 aliphatic heterocycles. The minimum absolute atomic E-state index is 0.0405. The monoisotopic (exact) mass is 475 g/mol. The first-order valence-corrected chi connectivity index (χ1v) is 12.0. The smallest absolute Gasteiger partial charge is 0.252 e. The van der Waals surface area contributed by atoms with E-state index >= 15 is 4.39 Å². The van der Waals surface area contributed by atoms with Gasteiger partial charge in [0.05, 0.1) is 23.5 Å². The van der Waals surface area contributed by atoms with Gasteiger partial charge < -0.3 is 15.3 Å². The zero-order chi connectivity index (χ0) is 24.2. The summed E-state index contributed by atoms with van der Waals surface area (Å²) < 4.78 is 17.0. The van der Waals surface area contributed by atoms with Gasteiger partial charge in [0.15, 0.2) is 11.6 Å². The lowest BCUT2D eigenvalue weighted by Gasteiger charge is -2.52. The van der Waals surface area contributed by atoms with Gasteiger partial charge in [-0.1, -0.05) is 0 Å². The maximum atomic E-state index is 15.6. The van der Waals surface area contributed by atoms with Crippen LogP contribution in [-0.2, 0) is 0 Å². The number of hydrogen-bond acceptors (Lipinski definition) is 9. The van der Waals surface area contributed by atoms with Crippen molar-refractivity contribution in [2.45, 2.75) is 75.3 Å². The predicted molar refractivity (Wildman–Crippen MR) is 125 cm³/mol. The number of fused-ring (bicyclic) bond motifs is 2. The van der Waals surface area contributed by atoms with Gasteiger partial charge in [-0.25, -0.2) is 19.0 Å². The number of nitrogens with one attached hydrogen (secondary N) is 1. The number of piperidine rings is 2. The van der Waals surface area contributed by atoms with Crippen LogP contribution in [0.15, 0.2) is 30.7 Å². The first kappa shape index (κ1) is 21.9. The van der Waals surface area contributed by atoms with Gasteiger partial charge in [0, 0.05) is 23.7 Å². The Morgan fingerprint density at radius 1 is 1.26 bits per heavy atom. The SMILES string of the molecule is C[C@@]12CCC[C@H](N1)[C@@H](F)[C@@H](N(c1cnc(-c3ccc(-n4cnc(C#N)n4)cc3O)nn1)C1CC1)C2. The number of rotatable bonds is 5. The number of benzene rings is 1. The van der Waals surface area contributed by atoms with Crippen LogP contribution in [0.1, 0.15) is 51.3 Å². The number of phenols is 1. The molecule has 2 aromatic heterocycles. The highest BCUT2D eigenvalue weighted by Crippen LogP contribution is 2.42. The second-order valence-electron chi connectivity index (χ2n) is 10.0. The summed E-state index contributed by atoms with van der Waals surface area (Å²) in [5, 5.41) is 35.8. The van der Waals surface area contributed by atoms with Gasteiger partial charge in [-0.05, 0) is 57.6 Å².